The summed E-state index contributed by atoms with van der Waals surface area (Å²) < 4.78 is 26.3. The van der Waals surface area contributed by atoms with E-state index >= 15 is 0 Å². The lowest BCUT2D eigenvalue weighted by Gasteiger charge is -2.28. The number of halogens is 2. The molecule has 1 heterocycles. The van der Waals surface area contributed by atoms with Gasteiger partial charge in [0.25, 0.3) is 0 Å². The maximum absolute atomic E-state index is 13.1. The van der Waals surface area contributed by atoms with E-state index in [1.54, 1.807) is 0 Å². The molecule has 0 unspecified atom stereocenters. The zero-order valence-corrected chi connectivity index (χ0v) is 8.30. The van der Waals surface area contributed by atoms with Crippen molar-refractivity contribution in [3.05, 3.63) is 34.2 Å². The van der Waals surface area contributed by atoms with Crippen LogP contribution in [0.4, 0.5) is 8.78 Å². The van der Waals surface area contributed by atoms with Crippen molar-refractivity contribution in [3.63, 3.8) is 0 Å². The van der Waals surface area contributed by atoms with E-state index in [2.05, 4.69) is 4.98 Å². The van der Waals surface area contributed by atoms with Crippen molar-refractivity contribution < 1.29 is 8.78 Å². The molecule has 0 aromatic carbocycles. The molecule has 0 bridgehead atoms. The van der Waals surface area contributed by atoms with Crippen LogP contribution in [0.5, 0.6) is 0 Å². The summed E-state index contributed by atoms with van der Waals surface area (Å²) in [6, 6.07) is 2.82. The quantitative estimate of drug-likeness (QED) is 0.764. The zero-order chi connectivity index (χ0) is 10.9. The van der Waals surface area contributed by atoms with Gasteiger partial charge in [-0.1, -0.05) is 0 Å². The molecule has 4 heteroatoms. The number of alkyl halides is 2. The minimum Gasteiger partial charge on any atom is -0.365 e. The lowest BCUT2D eigenvalue weighted by Crippen LogP contribution is -2.25. The predicted molar refractivity (Wildman–Crippen MR) is 53.2 cm³/mol. The number of pyridine rings is 1. The molecule has 2 nitrogen and oxygen atoms in total. The monoisotopic (exact) mass is 213 g/mol. The fourth-order valence-corrected chi connectivity index (χ4v) is 2.14. The minimum absolute atomic E-state index is 0.0272. The fraction of sp³-hybridized carbons (Fsp3) is 0.545. The maximum atomic E-state index is 13.1. The molecule has 2 rings (SSSR count). The SMILES string of the molecule is O=c1cc[nH]c([C@H]2CCCC(F)(F)C2)c1. The molecule has 15 heavy (non-hydrogen) atoms. The Morgan fingerprint density at radius 2 is 2.27 bits per heavy atom. The van der Waals surface area contributed by atoms with Crippen molar-refractivity contribution in [2.24, 2.45) is 0 Å². The van der Waals surface area contributed by atoms with Gasteiger partial charge in [-0.25, -0.2) is 8.78 Å². The molecule has 1 aromatic heterocycles. The van der Waals surface area contributed by atoms with Crippen molar-refractivity contribution in [1.29, 1.82) is 0 Å². The van der Waals surface area contributed by atoms with Crippen molar-refractivity contribution in [3.8, 4) is 0 Å². The van der Waals surface area contributed by atoms with Crippen LogP contribution in [0.3, 0.4) is 0 Å². The second-order valence-corrected chi connectivity index (χ2v) is 4.13. The average Bonchev–Trinajstić information content (AvgIpc) is 2.16. The Labute approximate surface area is 86.3 Å². The molecule has 0 aliphatic heterocycles. The summed E-state index contributed by atoms with van der Waals surface area (Å²) in [6.45, 7) is 0. The highest BCUT2D eigenvalue weighted by atomic mass is 19.3. The molecule has 1 atom stereocenters. The molecule has 1 fully saturated rings. The summed E-state index contributed by atoms with van der Waals surface area (Å²) in [6.07, 6.45) is 2.60. The lowest BCUT2D eigenvalue weighted by atomic mass is 9.84. The Balaban J connectivity index is 2.21. The third-order valence-corrected chi connectivity index (χ3v) is 2.88. The number of rotatable bonds is 1. The van der Waals surface area contributed by atoms with Crippen LogP contribution in [0.25, 0.3) is 0 Å². The van der Waals surface area contributed by atoms with Crippen LogP contribution < -0.4 is 5.43 Å². The van der Waals surface area contributed by atoms with Crippen LogP contribution in [0, 0.1) is 0 Å². The summed E-state index contributed by atoms with van der Waals surface area (Å²) in [4.78, 5) is 14.0. The Morgan fingerprint density at radius 1 is 1.47 bits per heavy atom. The summed E-state index contributed by atoms with van der Waals surface area (Å²) in [5.41, 5.74) is 0.513. The molecule has 82 valence electrons. The first-order valence-corrected chi connectivity index (χ1v) is 5.13. The molecule has 0 spiro atoms. The van der Waals surface area contributed by atoms with Crippen LogP contribution in [0.15, 0.2) is 23.1 Å². The number of aromatic nitrogens is 1. The van der Waals surface area contributed by atoms with Crippen LogP contribution >= 0.6 is 0 Å². The number of nitrogens with one attached hydrogen (secondary N) is 1. The first kappa shape index (κ1) is 10.3. The highest BCUT2D eigenvalue weighted by molar-refractivity contribution is 5.11. The van der Waals surface area contributed by atoms with Crippen molar-refractivity contribution in [2.75, 3.05) is 0 Å². The Hall–Kier alpha value is -1.19. The number of hydrogen-bond acceptors (Lipinski definition) is 1. The minimum atomic E-state index is -2.57. The van der Waals surface area contributed by atoms with Crippen LogP contribution in [0.2, 0.25) is 0 Å². The standard InChI is InChI=1S/C11H13F2NO/c12-11(13)4-1-2-8(7-11)10-6-9(15)3-5-14-10/h3,5-6,8H,1-2,4,7H2,(H,14,15)/t8-/m0/s1. The highest BCUT2D eigenvalue weighted by Gasteiger charge is 2.36. The van der Waals surface area contributed by atoms with E-state index in [4.69, 9.17) is 0 Å². The Bertz CT molecular complexity index is 400. The predicted octanol–water partition coefficient (Wildman–Crippen LogP) is 2.67. The third kappa shape index (κ3) is 2.43. The largest absolute Gasteiger partial charge is 0.365 e. The summed E-state index contributed by atoms with van der Waals surface area (Å²) in [7, 11) is 0. The third-order valence-electron chi connectivity index (χ3n) is 2.88. The number of H-pyrrole nitrogens is 1. The summed E-state index contributed by atoms with van der Waals surface area (Å²) in [5.74, 6) is -2.78. The zero-order valence-electron chi connectivity index (χ0n) is 8.30. The van der Waals surface area contributed by atoms with Gasteiger partial charge >= 0.3 is 0 Å². The van der Waals surface area contributed by atoms with E-state index in [1.807, 2.05) is 0 Å². The Morgan fingerprint density at radius 3 is 2.93 bits per heavy atom. The van der Waals surface area contributed by atoms with E-state index in [9.17, 15) is 13.6 Å². The molecule has 1 aromatic rings. The summed E-state index contributed by atoms with van der Waals surface area (Å²) >= 11 is 0. The Kier molecular flexibility index (Phi) is 2.59. The van der Waals surface area contributed by atoms with Gasteiger partial charge in [-0.3, -0.25) is 4.79 Å². The van der Waals surface area contributed by atoms with Gasteiger partial charge in [0.1, 0.15) is 0 Å². The highest BCUT2D eigenvalue weighted by Crippen LogP contribution is 2.40. The maximum Gasteiger partial charge on any atom is 0.248 e. The van der Waals surface area contributed by atoms with Gasteiger partial charge < -0.3 is 4.98 Å². The molecule has 1 aliphatic rings. The van der Waals surface area contributed by atoms with Crippen LogP contribution in [0.1, 0.15) is 37.3 Å². The first-order valence-electron chi connectivity index (χ1n) is 5.13. The fourth-order valence-electron chi connectivity index (χ4n) is 2.14. The first-order chi connectivity index (χ1) is 7.07. The lowest BCUT2D eigenvalue weighted by molar-refractivity contribution is -0.0412. The van der Waals surface area contributed by atoms with Crippen molar-refractivity contribution in [2.45, 2.75) is 37.5 Å². The molecule has 1 N–H and O–H groups in total. The van der Waals surface area contributed by atoms with Gasteiger partial charge in [0.15, 0.2) is 5.43 Å². The second-order valence-electron chi connectivity index (χ2n) is 4.13. The molecular formula is C11H13F2NO. The normalized spacial score (nSPS) is 25.1. The number of hydrogen-bond donors (Lipinski definition) is 1. The van der Waals surface area contributed by atoms with Gasteiger partial charge in [-0.2, -0.15) is 0 Å². The second kappa shape index (κ2) is 3.76. The molecule has 1 saturated carbocycles. The van der Waals surface area contributed by atoms with Crippen LogP contribution in [-0.2, 0) is 0 Å². The van der Waals surface area contributed by atoms with E-state index in [-0.39, 0.29) is 24.2 Å². The van der Waals surface area contributed by atoms with Crippen LogP contribution in [-0.4, -0.2) is 10.9 Å². The van der Waals surface area contributed by atoms with Gasteiger partial charge in [0.05, 0.1) is 0 Å². The van der Waals surface area contributed by atoms with Gasteiger partial charge in [0.2, 0.25) is 5.92 Å². The molecular weight excluding hydrogens is 200 g/mol. The molecule has 0 amide bonds. The van der Waals surface area contributed by atoms with E-state index in [1.165, 1.54) is 18.3 Å². The smallest absolute Gasteiger partial charge is 0.248 e. The van der Waals surface area contributed by atoms with Crippen molar-refractivity contribution >= 4 is 0 Å². The summed E-state index contributed by atoms with van der Waals surface area (Å²) in [5, 5.41) is 0. The molecule has 1 aliphatic carbocycles. The van der Waals surface area contributed by atoms with Gasteiger partial charge in [-0.15, -0.1) is 0 Å². The molecule has 0 radical (unpaired) electrons. The van der Waals surface area contributed by atoms with Gasteiger partial charge in [0, 0.05) is 42.8 Å². The van der Waals surface area contributed by atoms with Crippen molar-refractivity contribution in [1.82, 2.24) is 4.98 Å². The number of aromatic amines is 1. The topological polar surface area (TPSA) is 32.9 Å². The van der Waals surface area contributed by atoms with E-state index in [0.717, 1.165) is 6.42 Å². The van der Waals surface area contributed by atoms with E-state index in [0.29, 0.717) is 12.1 Å². The van der Waals surface area contributed by atoms with E-state index < -0.39 is 5.92 Å². The molecule has 0 saturated heterocycles. The average molecular weight is 213 g/mol. The van der Waals surface area contributed by atoms with Gasteiger partial charge in [-0.05, 0) is 12.8 Å².